The van der Waals surface area contributed by atoms with E-state index in [4.69, 9.17) is 11.6 Å². The van der Waals surface area contributed by atoms with Crippen LogP contribution >= 0.6 is 22.9 Å². The summed E-state index contributed by atoms with van der Waals surface area (Å²) >= 11 is 7.40. The van der Waals surface area contributed by atoms with E-state index in [2.05, 4.69) is 15.5 Å². The van der Waals surface area contributed by atoms with Gasteiger partial charge in [-0.2, -0.15) is 5.10 Å². The summed E-state index contributed by atoms with van der Waals surface area (Å²) in [4.78, 5) is 27.0. The fraction of sp³-hybridized carbons (Fsp3) is 0.438. The number of thiophene rings is 1. The minimum atomic E-state index is -0.0262. The average Bonchev–Trinajstić information content (AvgIpc) is 3.23. The molecule has 0 spiro atoms. The number of carbonyl (C=O) groups excluding carboxylic acids is 2. The van der Waals surface area contributed by atoms with Gasteiger partial charge in [0, 0.05) is 26.6 Å². The van der Waals surface area contributed by atoms with Crippen LogP contribution in [-0.4, -0.2) is 47.0 Å². The van der Waals surface area contributed by atoms with Gasteiger partial charge in [-0.15, -0.1) is 11.3 Å². The zero-order valence-corrected chi connectivity index (χ0v) is 14.9. The third-order valence-electron chi connectivity index (χ3n) is 4.34. The van der Waals surface area contributed by atoms with Crippen LogP contribution < -0.4 is 5.32 Å². The van der Waals surface area contributed by atoms with Crippen molar-refractivity contribution >= 4 is 34.8 Å². The van der Waals surface area contributed by atoms with Crippen LogP contribution in [0.3, 0.4) is 0 Å². The predicted molar refractivity (Wildman–Crippen MR) is 94.2 cm³/mol. The molecule has 0 unspecified atom stereocenters. The van der Waals surface area contributed by atoms with Crippen LogP contribution in [0.25, 0.3) is 10.6 Å². The summed E-state index contributed by atoms with van der Waals surface area (Å²) in [5.41, 5.74) is 1.28. The van der Waals surface area contributed by atoms with Gasteiger partial charge < -0.3 is 10.2 Å². The summed E-state index contributed by atoms with van der Waals surface area (Å²) < 4.78 is 0.674. The molecule has 128 valence electrons. The lowest BCUT2D eigenvalue weighted by Gasteiger charge is -2.31. The van der Waals surface area contributed by atoms with Crippen LogP contribution in [0, 0.1) is 5.92 Å². The molecule has 3 heterocycles. The van der Waals surface area contributed by atoms with Crippen molar-refractivity contribution in [3.63, 3.8) is 0 Å². The summed E-state index contributed by atoms with van der Waals surface area (Å²) in [7, 11) is 1.65. The molecule has 2 amide bonds. The fourth-order valence-corrected chi connectivity index (χ4v) is 4.01. The summed E-state index contributed by atoms with van der Waals surface area (Å²) in [6.07, 6.45) is 3.79. The third kappa shape index (κ3) is 3.62. The molecule has 1 saturated heterocycles. The van der Waals surface area contributed by atoms with Crippen molar-refractivity contribution in [2.75, 3.05) is 20.1 Å². The van der Waals surface area contributed by atoms with Crippen molar-refractivity contribution < 1.29 is 9.59 Å². The zero-order valence-electron chi connectivity index (χ0n) is 13.3. The Morgan fingerprint density at radius 2 is 2.17 bits per heavy atom. The molecule has 0 radical (unpaired) electrons. The normalized spacial score (nSPS) is 15.5. The molecule has 2 aromatic rings. The summed E-state index contributed by atoms with van der Waals surface area (Å²) in [5, 5.41) is 9.58. The van der Waals surface area contributed by atoms with E-state index in [0.717, 1.165) is 17.7 Å². The van der Waals surface area contributed by atoms with E-state index in [1.807, 2.05) is 11.0 Å². The largest absolute Gasteiger partial charge is 0.359 e. The summed E-state index contributed by atoms with van der Waals surface area (Å²) in [5.74, 6) is 0.377. The topological polar surface area (TPSA) is 78.1 Å². The van der Waals surface area contributed by atoms with Crippen LogP contribution in [-0.2, 0) is 4.79 Å². The molecule has 1 fully saturated rings. The first kappa shape index (κ1) is 17.0. The minimum Gasteiger partial charge on any atom is -0.359 e. The Balaban J connectivity index is 1.66. The number of aromatic amines is 1. The summed E-state index contributed by atoms with van der Waals surface area (Å²) in [6.45, 7) is 1.33. The molecular formula is C16H19ClN4O2S. The molecule has 0 aromatic carbocycles. The lowest BCUT2D eigenvalue weighted by Crippen LogP contribution is -2.39. The Morgan fingerprint density at radius 1 is 1.42 bits per heavy atom. The van der Waals surface area contributed by atoms with Gasteiger partial charge in [-0.3, -0.25) is 14.7 Å². The van der Waals surface area contributed by atoms with Gasteiger partial charge in [0.2, 0.25) is 5.91 Å². The quantitative estimate of drug-likeness (QED) is 0.873. The number of rotatable bonds is 4. The molecule has 0 aliphatic carbocycles. The lowest BCUT2D eigenvalue weighted by atomic mass is 9.93. The zero-order chi connectivity index (χ0) is 17.1. The standard InChI is InChI=1S/C16H19ClN4O2S/c1-18-14(22)8-10-4-6-21(7-5-10)16(23)11-9-19-20-15(11)12-2-3-13(17)24-12/h2-3,9-10H,4-8H2,1H3,(H,18,22)(H,19,20). The number of carbonyl (C=O) groups is 2. The second-order valence-electron chi connectivity index (χ2n) is 5.88. The Morgan fingerprint density at radius 3 is 2.79 bits per heavy atom. The number of hydrogen-bond donors (Lipinski definition) is 2. The molecule has 1 aliphatic heterocycles. The van der Waals surface area contributed by atoms with Crippen LogP contribution in [0.2, 0.25) is 4.34 Å². The van der Waals surface area contributed by atoms with E-state index < -0.39 is 0 Å². The molecule has 8 heteroatoms. The summed E-state index contributed by atoms with van der Waals surface area (Å²) in [6, 6.07) is 3.69. The maximum atomic E-state index is 12.8. The highest BCUT2D eigenvalue weighted by atomic mass is 35.5. The Bertz CT molecular complexity index is 734. The Kier molecular flexibility index (Phi) is 5.20. The maximum Gasteiger partial charge on any atom is 0.257 e. The first-order valence-electron chi connectivity index (χ1n) is 7.87. The predicted octanol–water partition coefficient (Wildman–Crippen LogP) is 2.78. The molecule has 2 N–H and O–H groups in total. The molecule has 1 aliphatic rings. The van der Waals surface area contributed by atoms with Gasteiger partial charge in [-0.1, -0.05) is 11.6 Å². The van der Waals surface area contributed by atoms with Crippen molar-refractivity contribution in [1.29, 1.82) is 0 Å². The molecule has 2 aromatic heterocycles. The molecular weight excluding hydrogens is 348 g/mol. The van der Waals surface area contributed by atoms with Crippen molar-refractivity contribution in [2.45, 2.75) is 19.3 Å². The van der Waals surface area contributed by atoms with Crippen molar-refractivity contribution in [3.05, 3.63) is 28.2 Å². The van der Waals surface area contributed by atoms with Crippen molar-refractivity contribution in [1.82, 2.24) is 20.4 Å². The number of H-pyrrole nitrogens is 1. The number of amides is 2. The van der Waals surface area contributed by atoms with Gasteiger partial charge in [0.15, 0.2) is 0 Å². The van der Waals surface area contributed by atoms with Crippen molar-refractivity contribution in [2.24, 2.45) is 5.92 Å². The van der Waals surface area contributed by atoms with Gasteiger partial charge in [-0.25, -0.2) is 0 Å². The second kappa shape index (κ2) is 7.36. The van der Waals surface area contributed by atoms with Gasteiger partial charge in [0.1, 0.15) is 0 Å². The van der Waals surface area contributed by atoms with Gasteiger partial charge in [0.25, 0.3) is 5.91 Å². The van der Waals surface area contributed by atoms with E-state index >= 15 is 0 Å². The Hall–Kier alpha value is -1.86. The molecule has 0 atom stereocenters. The van der Waals surface area contributed by atoms with Gasteiger partial charge in [0.05, 0.1) is 26.7 Å². The molecule has 24 heavy (non-hydrogen) atoms. The van der Waals surface area contributed by atoms with E-state index in [9.17, 15) is 9.59 Å². The van der Waals surface area contributed by atoms with Crippen LogP contribution in [0.4, 0.5) is 0 Å². The first-order valence-corrected chi connectivity index (χ1v) is 9.07. The minimum absolute atomic E-state index is 0.0262. The van der Waals surface area contributed by atoms with E-state index in [1.54, 1.807) is 19.3 Å². The van der Waals surface area contributed by atoms with E-state index in [1.165, 1.54) is 11.3 Å². The van der Waals surface area contributed by atoms with Gasteiger partial charge >= 0.3 is 0 Å². The molecule has 6 nitrogen and oxygen atoms in total. The maximum absolute atomic E-state index is 12.8. The highest BCUT2D eigenvalue weighted by molar-refractivity contribution is 7.19. The highest BCUT2D eigenvalue weighted by Crippen LogP contribution is 2.32. The number of likely N-dealkylation sites (tertiary alicyclic amines) is 1. The number of halogens is 1. The number of nitrogens with zero attached hydrogens (tertiary/aromatic N) is 2. The molecule has 3 rings (SSSR count). The molecule has 0 bridgehead atoms. The number of hydrogen-bond acceptors (Lipinski definition) is 4. The van der Waals surface area contributed by atoms with E-state index in [0.29, 0.717) is 41.0 Å². The smallest absolute Gasteiger partial charge is 0.257 e. The first-order chi connectivity index (χ1) is 11.6. The van der Waals surface area contributed by atoms with E-state index in [-0.39, 0.29) is 11.8 Å². The second-order valence-corrected chi connectivity index (χ2v) is 7.59. The number of piperidine rings is 1. The Labute approximate surface area is 149 Å². The van der Waals surface area contributed by atoms with Gasteiger partial charge in [-0.05, 0) is 30.9 Å². The average molecular weight is 367 g/mol. The van der Waals surface area contributed by atoms with Crippen LogP contribution in [0.1, 0.15) is 29.6 Å². The number of aromatic nitrogens is 2. The van der Waals surface area contributed by atoms with Crippen molar-refractivity contribution in [3.8, 4) is 10.6 Å². The molecule has 0 saturated carbocycles. The van der Waals surface area contributed by atoms with Crippen LogP contribution in [0.5, 0.6) is 0 Å². The fourth-order valence-electron chi connectivity index (χ4n) is 2.96. The van der Waals surface area contributed by atoms with Crippen LogP contribution in [0.15, 0.2) is 18.3 Å². The number of nitrogens with one attached hydrogen (secondary N) is 2. The lowest BCUT2D eigenvalue weighted by molar-refractivity contribution is -0.121. The monoisotopic (exact) mass is 366 g/mol. The SMILES string of the molecule is CNC(=O)CC1CCN(C(=O)c2cn[nH]c2-c2ccc(Cl)s2)CC1. The highest BCUT2D eigenvalue weighted by Gasteiger charge is 2.27. The third-order valence-corrected chi connectivity index (χ3v) is 5.59.